The van der Waals surface area contributed by atoms with Crippen LogP contribution < -0.4 is 0 Å². The van der Waals surface area contributed by atoms with Gasteiger partial charge in [-0.05, 0) is 49.0 Å². The van der Waals surface area contributed by atoms with Crippen molar-refractivity contribution in [1.82, 2.24) is 0 Å². The minimum atomic E-state index is 0.823. The van der Waals surface area contributed by atoms with Gasteiger partial charge in [0, 0.05) is 0 Å². The van der Waals surface area contributed by atoms with Crippen LogP contribution in [0.4, 0.5) is 0 Å². The van der Waals surface area contributed by atoms with Crippen molar-refractivity contribution in [1.29, 1.82) is 0 Å². The zero-order chi connectivity index (χ0) is 9.26. The Bertz CT molecular complexity index is 232. The van der Waals surface area contributed by atoms with Gasteiger partial charge < -0.3 is 0 Å². The van der Waals surface area contributed by atoms with Crippen LogP contribution in [0, 0.1) is 17.8 Å². The van der Waals surface area contributed by atoms with E-state index in [1.807, 2.05) is 0 Å². The van der Waals surface area contributed by atoms with Crippen LogP contribution >= 0.6 is 0 Å². The van der Waals surface area contributed by atoms with Gasteiger partial charge in [-0.2, -0.15) is 0 Å². The fourth-order valence-electron chi connectivity index (χ4n) is 2.57. The van der Waals surface area contributed by atoms with Gasteiger partial charge in [-0.3, -0.25) is 0 Å². The second kappa shape index (κ2) is 3.69. The summed E-state index contributed by atoms with van der Waals surface area (Å²) in [5.41, 5.74) is 1.64. The Morgan fingerprint density at radius 1 is 1.23 bits per heavy atom. The highest BCUT2D eigenvalue weighted by molar-refractivity contribution is 5.27. The van der Waals surface area contributed by atoms with Crippen molar-refractivity contribution in [3.05, 3.63) is 23.8 Å². The lowest BCUT2D eigenvalue weighted by atomic mass is 9.74. The van der Waals surface area contributed by atoms with E-state index in [1.54, 1.807) is 5.57 Å². The first-order valence-corrected chi connectivity index (χ1v) is 5.65. The highest BCUT2D eigenvalue weighted by Gasteiger charge is 2.23. The lowest BCUT2D eigenvalue weighted by Gasteiger charge is -2.31. The number of fused-ring (bicyclic) bond motifs is 1. The lowest BCUT2D eigenvalue weighted by Crippen LogP contribution is -2.18. The molecule has 0 heteroatoms. The van der Waals surface area contributed by atoms with E-state index in [1.165, 1.54) is 25.7 Å². The summed E-state index contributed by atoms with van der Waals surface area (Å²) < 4.78 is 0. The number of hydrogen-bond donors (Lipinski definition) is 0. The Hall–Kier alpha value is -0.520. The maximum Gasteiger partial charge on any atom is -0.0162 e. The van der Waals surface area contributed by atoms with Crippen LogP contribution in [-0.2, 0) is 0 Å². The largest absolute Gasteiger partial charge is 0.0842 e. The van der Waals surface area contributed by atoms with Gasteiger partial charge in [0.25, 0.3) is 0 Å². The predicted octanol–water partition coefficient (Wildman–Crippen LogP) is 3.95. The second-order valence-electron chi connectivity index (χ2n) is 4.83. The van der Waals surface area contributed by atoms with Crippen LogP contribution in [0.5, 0.6) is 0 Å². The molecule has 0 saturated heterocycles. The molecule has 0 aromatic heterocycles. The van der Waals surface area contributed by atoms with E-state index in [4.69, 9.17) is 0 Å². The van der Waals surface area contributed by atoms with E-state index in [9.17, 15) is 0 Å². The molecule has 0 saturated carbocycles. The van der Waals surface area contributed by atoms with Crippen LogP contribution in [0.3, 0.4) is 0 Å². The van der Waals surface area contributed by atoms with Gasteiger partial charge in [-0.1, -0.05) is 32.1 Å². The maximum atomic E-state index is 2.54. The van der Waals surface area contributed by atoms with Gasteiger partial charge in [0.1, 0.15) is 0 Å². The van der Waals surface area contributed by atoms with Crippen molar-refractivity contribution in [2.24, 2.45) is 17.8 Å². The molecule has 2 rings (SSSR count). The SMILES string of the molecule is CC(C)C1C=C2C=CCCC2CC1. The summed E-state index contributed by atoms with van der Waals surface area (Å²) >= 11 is 0. The molecule has 13 heavy (non-hydrogen) atoms. The first-order valence-electron chi connectivity index (χ1n) is 5.65. The van der Waals surface area contributed by atoms with E-state index >= 15 is 0 Å². The molecule has 2 atom stereocenters. The molecule has 0 nitrogen and oxygen atoms in total. The Morgan fingerprint density at radius 3 is 2.85 bits per heavy atom. The summed E-state index contributed by atoms with van der Waals surface area (Å²) in [6.45, 7) is 4.68. The van der Waals surface area contributed by atoms with E-state index in [0.29, 0.717) is 0 Å². The van der Waals surface area contributed by atoms with Gasteiger partial charge in [0.05, 0.1) is 0 Å². The Morgan fingerprint density at radius 2 is 2.08 bits per heavy atom. The van der Waals surface area contributed by atoms with E-state index < -0.39 is 0 Å². The highest BCUT2D eigenvalue weighted by atomic mass is 14.3. The zero-order valence-corrected chi connectivity index (χ0v) is 8.79. The molecule has 0 N–H and O–H groups in total. The molecule has 2 aliphatic carbocycles. The fourth-order valence-corrected chi connectivity index (χ4v) is 2.57. The van der Waals surface area contributed by atoms with Gasteiger partial charge >= 0.3 is 0 Å². The summed E-state index contributed by atoms with van der Waals surface area (Å²) in [5.74, 6) is 2.57. The molecule has 0 bridgehead atoms. The molecule has 0 heterocycles. The summed E-state index contributed by atoms with van der Waals surface area (Å²) in [6.07, 6.45) is 12.8. The Labute approximate surface area is 81.7 Å². The van der Waals surface area contributed by atoms with Crippen LogP contribution in [0.25, 0.3) is 0 Å². The first-order chi connectivity index (χ1) is 6.27. The molecule has 0 fully saturated rings. The summed E-state index contributed by atoms with van der Waals surface area (Å²) in [7, 11) is 0. The van der Waals surface area contributed by atoms with Crippen LogP contribution in [0.2, 0.25) is 0 Å². The monoisotopic (exact) mass is 176 g/mol. The Kier molecular flexibility index (Phi) is 2.57. The fraction of sp³-hybridized carbons (Fsp3) is 0.692. The summed E-state index contributed by atoms with van der Waals surface area (Å²) in [6, 6.07) is 0. The molecule has 2 aliphatic rings. The minimum absolute atomic E-state index is 0.823. The van der Waals surface area contributed by atoms with E-state index in [-0.39, 0.29) is 0 Å². The van der Waals surface area contributed by atoms with Crippen molar-refractivity contribution in [2.45, 2.75) is 39.5 Å². The molecular formula is C13H20. The maximum absolute atomic E-state index is 2.54. The van der Waals surface area contributed by atoms with Crippen molar-refractivity contribution >= 4 is 0 Å². The molecule has 0 radical (unpaired) electrons. The third-order valence-electron chi connectivity index (χ3n) is 3.57. The number of hydrogen-bond acceptors (Lipinski definition) is 0. The second-order valence-corrected chi connectivity index (χ2v) is 4.83. The van der Waals surface area contributed by atoms with E-state index in [0.717, 1.165) is 17.8 Å². The van der Waals surface area contributed by atoms with Gasteiger partial charge in [0.15, 0.2) is 0 Å². The Balaban J connectivity index is 2.16. The smallest absolute Gasteiger partial charge is 0.0162 e. The molecular weight excluding hydrogens is 156 g/mol. The van der Waals surface area contributed by atoms with Gasteiger partial charge in [0.2, 0.25) is 0 Å². The van der Waals surface area contributed by atoms with Gasteiger partial charge in [-0.15, -0.1) is 0 Å². The molecule has 0 spiro atoms. The molecule has 0 aromatic carbocycles. The average Bonchev–Trinajstić information content (AvgIpc) is 2.17. The molecule has 72 valence electrons. The normalized spacial score (nSPS) is 33.0. The zero-order valence-electron chi connectivity index (χ0n) is 8.79. The molecule has 2 unspecified atom stereocenters. The first kappa shape index (κ1) is 9.05. The van der Waals surface area contributed by atoms with Crippen LogP contribution in [0.15, 0.2) is 23.8 Å². The number of rotatable bonds is 1. The molecule has 0 aromatic rings. The topological polar surface area (TPSA) is 0 Å². The van der Waals surface area contributed by atoms with Crippen molar-refractivity contribution < 1.29 is 0 Å². The third kappa shape index (κ3) is 1.87. The van der Waals surface area contributed by atoms with Gasteiger partial charge in [-0.25, -0.2) is 0 Å². The van der Waals surface area contributed by atoms with Crippen LogP contribution in [-0.4, -0.2) is 0 Å². The average molecular weight is 176 g/mol. The van der Waals surface area contributed by atoms with Crippen molar-refractivity contribution in [3.8, 4) is 0 Å². The van der Waals surface area contributed by atoms with Crippen LogP contribution in [0.1, 0.15) is 39.5 Å². The number of allylic oxidation sites excluding steroid dienone is 4. The standard InChI is InChI=1S/C13H20/c1-10(2)12-8-7-11-5-3-4-6-13(11)9-12/h4,6,9-12H,3,5,7-8H2,1-2H3. The summed E-state index contributed by atoms with van der Waals surface area (Å²) in [5, 5.41) is 0. The molecule has 0 amide bonds. The highest BCUT2D eigenvalue weighted by Crippen LogP contribution is 2.37. The lowest BCUT2D eigenvalue weighted by molar-refractivity contribution is 0.354. The van der Waals surface area contributed by atoms with E-state index in [2.05, 4.69) is 32.1 Å². The van der Waals surface area contributed by atoms with Crippen molar-refractivity contribution in [3.63, 3.8) is 0 Å². The minimum Gasteiger partial charge on any atom is -0.0842 e. The summed E-state index contributed by atoms with van der Waals surface area (Å²) in [4.78, 5) is 0. The third-order valence-corrected chi connectivity index (χ3v) is 3.57. The predicted molar refractivity (Wildman–Crippen MR) is 57.5 cm³/mol. The molecule has 0 aliphatic heterocycles. The van der Waals surface area contributed by atoms with Crippen molar-refractivity contribution in [2.75, 3.05) is 0 Å². The quantitative estimate of drug-likeness (QED) is 0.567.